The van der Waals surface area contributed by atoms with Crippen LogP contribution in [0.3, 0.4) is 0 Å². The average molecular weight is 485 g/mol. The standard InChI is InChI=1S/C24H29FN6O2S/c1-2-33-21-9-7-20(8-10-21)27-23(32)26-11-12-30-13-15-31(16-14-30)24-28-22(29-34-24)17-18-3-5-19(25)6-4-18/h3-10H,2,11-17H2,1H3,(H2,26,27,32). The van der Waals surface area contributed by atoms with Gasteiger partial charge in [-0.05, 0) is 48.9 Å². The molecule has 1 saturated heterocycles. The lowest BCUT2D eigenvalue weighted by atomic mass is 10.1. The van der Waals surface area contributed by atoms with Gasteiger partial charge in [-0.2, -0.15) is 4.37 Å². The van der Waals surface area contributed by atoms with Crippen LogP contribution in [0, 0.1) is 5.82 Å². The summed E-state index contributed by atoms with van der Waals surface area (Å²) in [5.74, 6) is 1.30. The van der Waals surface area contributed by atoms with Gasteiger partial charge >= 0.3 is 6.03 Å². The van der Waals surface area contributed by atoms with Gasteiger partial charge < -0.3 is 20.3 Å². The van der Waals surface area contributed by atoms with Crippen LogP contribution in [-0.4, -0.2) is 66.2 Å². The number of halogens is 1. The zero-order valence-electron chi connectivity index (χ0n) is 19.2. The number of amides is 2. The second-order valence-electron chi connectivity index (χ2n) is 7.96. The predicted octanol–water partition coefficient (Wildman–Crippen LogP) is 3.61. The van der Waals surface area contributed by atoms with Crippen molar-refractivity contribution in [1.29, 1.82) is 0 Å². The van der Waals surface area contributed by atoms with E-state index in [4.69, 9.17) is 4.74 Å². The summed E-state index contributed by atoms with van der Waals surface area (Å²) in [6.45, 7) is 7.43. The molecule has 0 radical (unpaired) electrons. The van der Waals surface area contributed by atoms with E-state index in [1.165, 1.54) is 23.7 Å². The molecule has 1 aromatic heterocycles. The number of carbonyl (C=O) groups excluding carboxylic acids is 1. The zero-order chi connectivity index (χ0) is 23.8. The maximum atomic E-state index is 13.1. The van der Waals surface area contributed by atoms with Crippen molar-refractivity contribution < 1.29 is 13.9 Å². The van der Waals surface area contributed by atoms with E-state index in [-0.39, 0.29) is 11.8 Å². The van der Waals surface area contributed by atoms with E-state index in [0.717, 1.165) is 60.7 Å². The quantitative estimate of drug-likeness (QED) is 0.483. The molecular weight excluding hydrogens is 455 g/mol. The maximum Gasteiger partial charge on any atom is 0.319 e. The fraction of sp³-hybridized carbons (Fsp3) is 0.375. The first-order valence-electron chi connectivity index (χ1n) is 11.4. The third kappa shape index (κ3) is 6.88. The first kappa shape index (κ1) is 23.9. The highest BCUT2D eigenvalue weighted by Gasteiger charge is 2.20. The first-order chi connectivity index (χ1) is 16.6. The number of carbonyl (C=O) groups is 1. The van der Waals surface area contributed by atoms with E-state index < -0.39 is 0 Å². The van der Waals surface area contributed by atoms with Gasteiger partial charge in [0.1, 0.15) is 17.4 Å². The number of hydrogen-bond donors (Lipinski definition) is 2. The van der Waals surface area contributed by atoms with Crippen LogP contribution in [0.2, 0.25) is 0 Å². The molecule has 1 aliphatic heterocycles. The Balaban J connectivity index is 1.15. The van der Waals surface area contributed by atoms with Crippen LogP contribution in [0.4, 0.5) is 20.0 Å². The minimum atomic E-state index is -0.239. The van der Waals surface area contributed by atoms with E-state index in [2.05, 4.69) is 29.8 Å². The molecule has 1 fully saturated rings. The Labute approximate surface area is 202 Å². The van der Waals surface area contributed by atoms with Crippen molar-refractivity contribution in [3.63, 3.8) is 0 Å². The lowest BCUT2D eigenvalue weighted by Gasteiger charge is -2.34. The van der Waals surface area contributed by atoms with E-state index in [1.54, 1.807) is 12.1 Å². The van der Waals surface area contributed by atoms with Gasteiger partial charge in [0.25, 0.3) is 0 Å². The van der Waals surface area contributed by atoms with Gasteiger partial charge in [0, 0.05) is 62.9 Å². The van der Waals surface area contributed by atoms with Crippen molar-refractivity contribution in [2.75, 3.05) is 56.1 Å². The fourth-order valence-electron chi connectivity index (χ4n) is 3.70. The molecule has 0 unspecified atom stereocenters. The molecule has 10 heteroatoms. The van der Waals surface area contributed by atoms with Crippen molar-refractivity contribution in [2.24, 2.45) is 0 Å². The molecule has 180 valence electrons. The normalized spacial score (nSPS) is 14.1. The lowest BCUT2D eigenvalue weighted by Crippen LogP contribution is -2.48. The summed E-state index contributed by atoms with van der Waals surface area (Å²) in [5.41, 5.74) is 1.72. The van der Waals surface area contributed by atoms with E-state index in [9.17, 15) is 9.18 Å². The molecular formula is C24H29FN6O2S. The molecule has 0 bridgehead atoms. The maximum absolute atomic E-state index is 13.1. The summed E-state index contributed by atoms with van der Waals surface area (Å²) >= 11 is 1.40. The van der Waals surface area contributed by atoms with Gasteiger partial charge in [-0.15, -0.1) is 0 Å². The zero-order valence-corrected chi connectivity index (χ0v) is 20.0. The molecule has 2 N–H and O–H groups in total. The van der Waals surface area contributed by atoms with Gasteiger partial charge in [-0.25, -0.2) is 14.2 Å². The van der Waals surface area contributed by atoms with Gasteiger partial charge in [0.05, 0.1) is 6.61 Å². The minimum absolute atomic E-state index is 0.217. The second kappa shape index (κ2) is 11.8. The highest BCUT2D eigenvalue weighted by molar-refractivity contribution is 7.09. The molecule has 0 atom stereocenters. The van der Waals surface area contributed by atoms with Gasteiger partial charge in [0.2, 0.25) is 5.13 Å². The average Bonchev–Trinajstić information content (AvgIpc) is 3.31. The molecule has 2 amide bonds. The molecule has 3 aromatic rings. The molecule has 1 aliphatic rings. The topological polar surface area (TPSA) is 82.6 Å². The van der Waals surface area contributed by atoms with Gasteiger partial charge in [-0.3, -0.25) is 4.90 Å². The fourth-order valence-corrected chi connectivity index (χ4v) is 4.43. The van der Waals surface area contributed by atoms with Crippen LogP contribution in [0.25, 0.3) is 0 Å². The van der Waals surface area contributed by atoms with Crippen LogP contribution >= 0.6 is 11.5 Å². The lowest BCUT2D eigenvalue weighted by molar-refractivity contribution is 0.240. The summed E-state index contributed by atoms with van der Waals surface area (Å²) in [5, 5.41) is 6.67. The SMILES string of the molecule is CCOc1ccc(NC(=O)NCCN2CCN(c3nc(Cc4ccc(F)cc4)ns3)CC2)cc1. The number of aromatic nitrogens is 2. The van der Waals surface area contributed by atoms with E-state index in [0.29, 0.717) is 19.6 Å². The number of rotatable bonds is 9. The van der Waals surface area contributed by atoms with Crippen LogP contribution in [-0.2, 0) is 6.42 Å². The Hall–Kier alpha value is -3.24. The third-order valence-corrected chi connectivity index (χ3v) is 6.33. The number of ether oxygens (including phenoxy) is 1. The second-order valence-corrected chi connectivity index (χ2v) is 8.69. The number of nitrogens with zero attached hydrogens (tertiary/aromatic N) is 4. The first-order valence-corrected chi connectivity index (χ1v) is 12.2. The number of anilines is 2. The van der Waals surface area contributed by atoms with Crippen LogP contribution in [0.15, 0.2) is 48.5 Å². The number of benzene rings is 2. The van der Waals surface area contributed by atoms with Gasteiger partial charge in [0.15, 0.2) is 0 Å². The minimum Gasteiger partial charge on any atom is -0.494 e. The summed E-state index contributed by atoms with van der Waals surface area (Å²) in [6, 6.07) is 13.5. The number of hydrogen-bond acceptors (Lipinski definition) is 7. The van der Waals surface area contributed by atoms with E-state index in [1.807, 2.05) is 31.2 Å². The Morgan fingerprint density at radius 2 is 1.82 bits per heavy atom. The number of piperazine rings is 1. The smallest absolute Gasteiger partial charge is 0.319 e. The van der Waals surface area contributed by atoms with Crippen molar-refractivity contribution in [1.82, 2.24) is 19.6 Å². The van der Waals surface area contributed by atoms with Crippen molar-refractivity contribution >= 4 is 28.4 Å². The van der Waals surface area contributed by atoms with Gasteiger partial charge in [-0.1, -0.05) is 12.1 Å². The monoisotopic (exact) mass is 484 g/mol. The van der Waals surface area contributed by atoms with Crippen LogP contribution < -0.4 is 20.3 Å². The number of nitrogens with one attached hydrogen (secondary N) is 2. The Morgan fingerprint density at radius 1 is 1.09 bits per heavy atom. The van der Waals surface area contributed by atoms with Crippen LogP contribution in [0.1, 0.15) is 18.3 Å². The summed E-state index contributed by atoms with van der Waals surface area (Å²) < 4.78 is 22.9. The summed E-state index contributed by atoms with van der Waals surface area (Å²) in [6.07, 6.45) is 0.598. The molecule has 2 heterocycles. The molecule has 8 nitrogen and oxygen atoms in total. The largest absolute Gasteiger partial charge is 0.494 e. The Bertz CT molecular complexity index is 1050. The third-order valence-electron chi connectivity index (χ3n) is 5.51. The summed E-state index contributed by atoms with van der Waals surface area (Å²) in [4.78, 5) is 21.4. The van der Waals surface area contributed by atoms with Crippen LogP contribution in [0.5, 0.6) is 5.75 Å². The Kier molecular flexibility index (Phi) is 8.26. The Morgan fingerprint density at radius 3 is 2.53 bits per heavy atom. The number of urea groups is 1. The molecule has 2 aromatic carbocycles. The van der Waals surface area contributed by atoms with Crippen molar-refractivity contribution in [3.8, 4) is 5.75 Å². The molecule has 4 rings (SSSR count). The molecule has 0 aliphatic carbocycles. The molecule has 34 heavy (non-hydrogen) atoms. The highest BCUT2D eigenvalue weighted by Crippen LogP contribution is 2.20. The van der Waals surface area contributed by atoms with Crippen molar-refractivity contribution in [3.05, 3.63) is 65.7 Å². The predicted molar refractivity (Wildman–Crippen MR) is 132 cm³/mol. The van der Waals surface area contributed by atoms with Crippen molar-refractivity contribution in [2.45, 2.75) is 13.3 Å². The molecule has 0 saturated carbocycles. The highest BCUT2D eigenvalue weighted by atomic mass is 32.1. The molecule has 0 spiro atoms. The summed E-state index contributed by atoms with van der Waals surface area (Å²) in [7, 11) is 0. The van der Waals surface area contributed by atoms with E-state index >= 15 is 0 Å².